The zero-order valence-corrected chi connectivity index (χ0v) is 13.2. The zero-order valence-electron chi connectivity index (χ0n) is 13.2. The Morgan fingerprint density at radius 3 is 3.04 bits per heavy atom. The van der Waals surface area contributed by atoms with Crippen LogP contribution in [0.1, 0.15) is 25.7 Å². The number of nitrogens with zero attached hydrogens (tertiary/aromatic N) is 3. The Morgan fingerprint density at radius 2 is 2.21 bits per heavy atom. The fraction of sp³-hybridized carbons (Fsp3) is 0.562. The molecule has 8 nitrogen and oxygen atoms in total. The van der Waals surface area contributed by atoms with Crippen LogP contribution in [-0.4, -0.2) is 45.9 Å². The molecule has 2 aromatic heterocycles. The van der Waals surface area contributed by atoms with Crippen LogP contribution >= 0.6 is 0 Å². The van der Waals surface area contributed by atoms with Gasteiger partial charge >= 0.3 is 5.76 Å². The predicted octanol–water partition coefficient (Wildman–Crippen LogP) is 1.27. The summed E-state index contributed by atoms with van der Waals surface area (Å²) in [5.41, 5.74) is 0. The zero-order chi connectivity index (χ0) is 16.5. The van der Waals surface area contributed by atoms with Crippen LogP contribution in [0.25, 0.3) is 11.7 Å². The van der Waals surface area contributed by atoms with Gasteiger partial charge in [-0.15, -0.1) is 5.10 Å². The minimum atomic E-state index is -0.664. The molecule has 2 atom stereocenters. The van der Waals surface area contributed by atoms with Crippen molar-refractivity contribution in [1.29, 1.82) is 0 Å². The third-order valence-electron chi connectivity index (χ3n) is 4.68. The Morgan fingerprint density at radius 1 is 1.33 bits per heavy atom. The summed E-state index contributed by atoms with van der Waals surface area (Å²) < 4.78 is 17.0. The number of furan rings is 1. The lowest BCUT2D eigenvalue weighted by molar-refractivity contribution is -0.150. The van der Waals surface area contributed by atoms with Crippen molar-refractivity contribution in [3.8, 4) is 11.7 Å². The molecule has 2 aromatic rings. The lowest BCUT2D eigenvalue weighted by Crippen LogP contribution is -2.55. The molecule has 0 N–H and O–H groups in total. The van der Waals surface area contributed by atoms with Crippen molar-refractivity contribution in [3.63, 3.8) is 0 Å². The number of hydrogen-bond acceptors (Lipinski definition) is 6. The average molecular weight is 333 g/mol. The van der Waals surface area contributed by atoms with Crippen molar-refractivity contribution in [2.45, 2.75) is 44.4 Å². The molecule has 128 valence electrons. The topological polar surface area (TPSA) is 90.7 Å². The molecule has 1 amide bonds. The maximum absolute atomic E-state index is 12.7. The molecule has 0 radical (unpaired) electrons. The van der Waals surface area contributed by atoms with Gasteiger partial charge in [-0.05, 0) is 25.0 Å². The van der Waals surface area contributed by atoms with Crippen LogP contribution in [0.15, 0.2) is 32.0 Å². The van der Waals surface area contributed by atoms with E-state index in [0.29, 0.717) is 18.9 Å². The largest absolute Gasteiger partial charge is 0.459 e. The molecule has 3 heterocycles. The quantitative estimate of drug-likeness (QED) is 0.840. The molecule has 24 heavy (non-hydrogen) atoms. The Hall–Kier alpha value is -2.35. The Labute approximate surface area is 138 Å². The summed E-state index contributed by atoms with van der Waals surface area (Å²) in [6, 6.07) is 3.43. The molecule has 2 fully saturated rings. The first kappa shape index (κ1) is 15.2. The molecule has 0 spiro atoms. The summed E-state index contributed by atoms with van der Waals surface area (Å²) in [6.45, 7) is 0.960. The van der Waals surface area contributed by atoms with Gasteiger partial charge in [0.1, 0.15) is 6.54 Å². The van der Waals surface area contributed by atoms with Crippen molar-refractivity contribution in [3.05, 3.63) is 28.9 Å². The van der Waals surface area contributed by atoms with Gasteiger partial charge in [0, 0.05) is 6.54 Å². The standard InChI is InChI=1S/C16H19N3O5/c20-14(18-7-9-23-12-5-2-1-4-11(12)18)10-19-16(21)24-15(17-19)13-6-3-8-22-13/h3,6,8,11-12H,1-2,4-5,7,9-10H2/t11-,12-/m1/s1. The summed E-state index contributed by atoms with van der Waals surface area (Å²) in [4.78, 5) is 26.4. The maximum atomic E-state index is 12.7. The summed E-state index contributed by atoms with van der Waals surface area (Å²) in [5.74, 6) is -0.355. The van der Waals surface area contributed by atoms with E-state index in [0.717, 1.165) is 30.4 Å². The Bertz CT molecular complexity index is 761. The van der Waals surface area contributed by atoms with Gasteiger partial charge in [0.15, 0.2) is 5.76 Å². The van der Waals surface area contributed by atoms with E-state index in [1.807, 2.05) is 4.90 Å². The molecule has 0 bridgehead atoms. The number of carbonyl (C=O) groups is 1. The first-order chi connectivity index (χ1) is 11.7. The Kier molecular flexibility index (Phi) is 3.97. The van der Waals surface area contributed by atoms with Crippen molar-refractivity contribution in [2.24, 2.45) is 0 Å². The number of ether oxygens (including phenoxy) is 1. The second kappa shape index (κ2) is 6.27. The minimum absolute atomic E-state index is 0.0790. The van der Waals surface area contributed by atoms with Crippen LogP contribution in [0.5, 0.6) is 0 Å². The van der Waals surface area contributed by atoms with Gasteiger partial charge in [-0.2, -0.15) is 4.68 Å². The van der Waals surface area contributed by atoms with E-state index in [4.69, 9.17) is 13.6 Å². The summed E-state index contributed by atoms with van der Waals surface area (Å²) in [5, 5.41) is 4.06. The predicted molar refractivity (Wildman–Crippen MR) is 82.2 cm³/mol. The summed E-state index contributed by atoms with van der Waals surface area (Å²) >= 11 is 0. The molecule has 1 saturated carbocycles. The fourth-order valence-electron chi connectivity index (χ4n) is 3.53. The first-order valence-corrected chi connectivity index (χ1v) is 8.25. The molecule has 1 aliphatic heterocycles. The number of fused-ring (bicyclic) bond motifs is 1. The summed E-state index contributed by atoms with van der Waals surface area (Å²) in [7, 11) is 0. The highest BCUT2D eigenvalue weighted by atomic mass is 16.5. The van der Waals surface area contributed by atoms with E-state index in [2.05, 4.69) is 5.10 Å². The van der Waals surface area contributed by atoms with Gasteiger partial charge < -0.3 is 18.5 Å². The van der Waals surface area contributed by atoms with Crippen LogP contribution in [0.2, 0.25) is 0 Å². The number of amides is 1. The lowest BCUT2D eigenvalue weighted by atomic mass is 9.90. The van der Waals surface area contributed by atoms with Gasteiger partial charge in [-0.25, -0.2) is 4.79 Å². The number of morpholine rings is 1. The number of hydrogen-bond donors (Lipinski definition) is 0. The van der Waals surface area contributed by atoms with E-state index < -0.39 is 5.76 Å². The van der Waals surface area contributed by atoms with Gasteiger partial charge in [0.2, 0.25) is 5.91 Å². The van der Waals surface area contributed by atoms with Gasteiger partial charge in [0.25, 0.3) is 5.89 Å². The van der Waals surface area contributed by atoms with E-state index in [1.165, 1.54) is 6.26 Å². The monoisotopic (exact) mass is 333 g/mol. The molecular formula is C16H19N3O5. The van der Waals surface area contributed by atoms with Crippen molar-refractivity contribution in [1.82, 2.24) is 14.7 Å². The van der Waals surface area contributed by atoms with Gasteiger partial charge in [-0.1, -0.05) is 12.8 Å². The molecule has 1 saturated heterocycles. The molecule has 0 unspecified atom stereocenters. The van der Waals surface area contributed by atoms with E-state index in [9.17, 15) is 9.59 Å². The lowest BCUT2D eigenvalue weighted by Gasteiger charge is -2.43. The fourth-order valence-corrected chi connectivity index (χ4v) is 3.53. The number of carbonyl (C=O) groups excluding carboxylic acids is 1. The number of rotatable bonds is 3. The molecule has 0 aromatic carbocycles. The highest BCUT2D eigenvalue weighted by Crippen LogP contribution is 2.28. The van der Waals surface area contributed by atoms with Crippen molar-refractivity contribution < 1.29 is 18.4 Å². The first-order valence-electron chi connectivity index (χ1n) is 8.25. The van der Waals surface area contributed by atoms with Crippen LogP contribution in [0, 0.1) is 0 Å². The molecule has 4 rings (SSSR count). The number of aromatic nitrogens is 2. The summed E-state index contributed by atoms with van der Waals surface area (Å²) in [6.07, 6.45) is 5.75. The third kappa shape index (κ3) is 2.77. The maximum Gasteiger partial charge on any atom is 0.437 e. The molecular weight excluding hydrogens is 314 g/mol. The SMILES string of the molecule is O=C(Cn1nc(-c2ccco2)oc1=O)N1CCO[C@@H]2CCCC[C@H]21. The van der Waals surface area contributed by atoms with Gasteiger partial charge in [-0.3, -0.25) is 4.79 Å². The van der Waals surface area contributed by atoms with E-state index >= 15 is 0 Å². The van der Waals surface area contributed by atoms with Crippen LogP contribution < -0.4 is 5.76 Å². The van der Waals surface area contributed by atoms with Gasteiger partial charge in [0.05, 0.1) is 25.0 Å². The van der Waals surface area contributed by atoms with Crippen LogP contribution in [0.3, 0.4) is 0 Å². The second-order valence-electron chi connectivity index (χ2n) is 6.16. The normalized spacial score (nSPS) is 23.9. The highest BCUT2D eigenvalue weighted by molar-refractivity contribution is 5.76. The van der Waals surface area contributed by atoms with Crippen molar-refractivity contribution >= 4 is 5.91 Å². The third-order valence-corrected chi connectivity index (χ3v) is 4.68. The highest BCUT2D eigenvalue weighted by Gasteiger charge is 2.36. The van der Waals surface area contributed by atoms with Crippen molar-refractivity contribution in [2.75, 3.05) is 13.2 Å². The Balaban J connectivity index is 1.50. The van der Waals surface area contributed by atoms with E-state index in [-0.39, 0.29) is 30.5 Å². The van der Waals surface area contributed by atoms with E-state index in [1.54, 1.807) is 12.1 Å². The smallest absolute Gasteiger partial charge is 0.437 e. The molecule has 2 aliphatic rings. The minimum Gasteiger partial charge on any atom is -0.459 e. The second-order valence-corrected chi connectivity index (χ2v) is 6.16. The molecule has 8 heteroatoms. The van der Waals surface area contributed by atoms with Crippen LogP contribution in [-0.2, 0) is 16.1 Å². The van der Waals surface area contributed by atoms with Crippen LogP contribution in [0.4, 0.5) is 0 Å². The average Bonchev–Trinajstić information content (AvgIpc) is 3.25. The molecule has 1 aliphatic carbocycles.